The SMILES string of the molecule is NC(=Nc1ccc(F)c(Br)c1)c1nonc1NC(=O)CCc1cccnc1. The summed E-state index contributed by atoms with van der Waals surface area (Å²) in [6.07, 6.45) is 4.11. The molecule has 0 radical (unpaired) electrons. The van der Waals surface area contributed by atoms with Crippen molar-refractivity contribution in [1.82, 2.24) is 15.3 Å². The molecule has 0 atom stereocenters. The number of nitrogens with two attached hydrogens (primary N) is 1. The number of amides is 1. The molecule has 3 aromatic rings. The number of anilines is 1. The van der Waals surface area contributed by atoms with Gasteiger partial charge in [0.25, 0.3) is 0 Å². The van der Waals surface area contributed by atoms with E-state index in [1.165, 1.54) is 18.2 Å². The fourth-order valence-electron chi connectivity index (χ4n) is 2.18. The average Bonchev–Trinajstić information content (AvgIpc) is 3.12. The van der Waals surface area contributed by atoms with E-state index in [2.05, 4.69) is 46.2 Å². The Morgan fingerprint density at radius 3 is 2.93 bits per heavy atom. The number of hydrogen-bond donors (Lipinski definition) is 2. The van der Waals surface area contributed by atoms with E-state index in [0.29, 0.717) is 12.1 Å². The van der Waals surface area contributed by atoms with E-state index in [0.717, 1.165) is 5.56 Å². The van der Waals surface area contributed by atoms with Crippen LogP contribution in [0, 0.1) is 5.82 Å². The monoisotopic (exact) mass is 432 g/mol. The number of benzene rings is 1. The van der Waals surface area contributed by atoms with E-state index >= 15 is 0 Å². The van der Waals surface area contributed by atoms with Crippen LogP contribution in [0.15, 0.2) is 56.8 Å². The van der Waals surface area contributed by atoms with Gasteiger partial charge in [-0.3, -0.25) is 9.78 Å². The zero-order valence-electron chi connectivity index (χ0n) is 13.9. The van der Waals surface area contributed by atoms with Gasteiger partial charge in [-0.1, -0.05) is 6.07 Å². The second kappa shape index (κ2) is 8.49. The van der Waals surface area contributed by atoms with Crippen molar-refractivity contribution in [2.24, 2.45) is 10.7 Å². The van der Waals surface area contributed by atoms with Gasteiger partial charge in [0.05, 0.1) is 10.2 Å². The number of pyridine rings is 1. The largest absolute Gasteiger partial charge is 0.382 e. The number of aromatic nitrogens is 3. The summed E-state index contributed by atoms with van der Waals surface area (Å²) in [5.41, 5.74) is 7.35. The summed E-state index contributed by atoms with van der Waals surface area (Å²) in [5, 5.41) is 9.91. The minimum absolute atomic E-state index is 0.0303. The Kier molecular flexibility index (Phi) is 5.87. The Bertz CT molecular complexity index is 977. The molecule has 0 saturated carbocycles. The van der Waals surface area contributed by atoms with Crippen LogP contribution in [0.3, 0.4) is 0 Å². The third-order valence-corrected chi connectivity index (χ3v) is 4.11. The van der Waals surface area contributed by atoms with E-state index in [-0.39, 0.29) is 34.1 Å². The zero-order valence-corrected chi connectivity index (χ0v) is 15.5. The molecule has 138 valence electrons. The zero-order chi connectivity index (χ0) is 19.2. The second-order valence-corrected chi connectivity index (χ2v) is 6.32. The maximum atomic E-state index is 13.3. The van der Waals surface area contributed by atoms with E-state index in [9.17, 15) is 9.18 Å². The predicted molar refractivity (Wildman–Crippen MR) is 100.0 cm³/mol. The third-order valence-electron chi connectivity index (χ3n) is 3.51. The molecular weight excluding hydrogens is 419 g/mol. The van der Waals surface area contributed by atoms with Crippen molar-refractivity contribution >= 4 is 39.2 Å². The first-order valence-electron chi connectivity index (χ1n) is 7.84. The molecule has 1 aromatic carbocycles. The summed E-state index contributed by atoms with van der Waals surface area (Å²) in [7, 11) is 0. The van der Waals surface area contributed by atoms with Gasteiger partial charge >= 0.3 is 0 Å². The Morgan fingerprint density at radius 1 is 1.33 bits per heavy atom. The Hall–Kier alpha value is -3.14. The molecule has 2 heterocycles. The van der Waals surface area contributed by atoms with Crippen molar-refractivity contribution in [2.45, 2.75) is 12.8 Å². The van der Waals surface area contributed by atoms with Crippen LogP contribution in [0.5, 0.6) is 0 Å². The Balaban J connectivity index is 1.68. The lowest BCUT2D eigenvalue weighted by Crippen LogP contribution is -2.19. The van der Waals surface area contributed by atoms with Gasteiger partial charge in [-0.15, -0.1) is 0 Å². The van der Waals surface area contributed by atoms with Crippen molar-refractivity contribution in [3.8, 4) is 0 Å². The van der Waals surface area contributed by atoms with Gasteiger partial charge in [0.2, 0.25) is 11.7 Å². The number of nitrogens with one attached hydrogen (secondary N) is 1. The average molecular weight is 433 g/mol. The first kappa shape index (κ1) is 18.6. The van der Waals surface area contributed by atoms with Crippen LogP contribution in [0.1, 0.15) is 17.7 Å². The topological polar surface area (TPSA) is 119 Å². The molecule has 8 nitrogen and oxygen atoms in total. The molecule has 10 heteroatoms. The standard InChI is InChI=1S/C17H14BrFN6O2/c18-12-8-11(4-5-13(12)19)22-16(20)15-17(25-27-24-15)23-14(26)6-3-10-2-1-7-21-9-10/h1-2,4-5,7-9H,3,6H2,(H2,20,22)(H,23,25,26). The van der Waals surface area contributed by atoms with Crippen LogP contribution in [-0.4, -0.2) is 27.0 Å². The van der Waals surface area contributed by atoms with Crippen LogP contribution in [0.4, 0.5) is 15.9 Å². The molecule has 27 heavy (non-hydrogen) atoms. The van der Waals surface area contributed by atoms with Crippen molar-refractivity contribution in [2.75, 3.05) is 5.32 Å². The molecule has 0 unspecified atom stereocenters. The van der Waals surface area contributed by atoms with Crippen molar-refractivity contribution in [3.05, 3.63) is 64.3 Å². The minimum atomic E-state index is -0.419. The van der Waals surface area contributed by atoms with Gasteiger partial charge in [0.15, 0.2) is 11.5 Å². The number of carbonyl (C=O) groups excluding carboxylic acids is 1. The van der Waals surface area contributed by atoms with Gasteiger partial charge < -0.3 is 11.1 Å². The van der Waals surface area contributed by atoms with E-state index in [1.807, 2.05) is 6.07 Å². The molecule has 0 aliphatic carbocycles. The fourth-order valence-corrected chi connectivity index (χ4v) is 2.55. The summed E-state index contributed by atoms with van der Waals surface area (Å²) >= 11 is 3.08. The summed E-state index contributed by atoms with van der Waals surface area (Å²) < 4.78 is 18.2. The molecule has 2 aromatic heterocycles. The van der Waals surface area contributed by atoms with Gasteiger partial charge in [0, 0.05) is 18.8 Å². The van der Waals surface area contributed by atoms with E-state index in [1.54, 1.807) is 18.5 Å². The number of nitrogens with zero attached hydrogens (tertiary/aromatic N) is 4. The Morgan fingerprint density at radius 2 is 2.19 bits per heavy atom. The van der Waals surface area contributed by atoms with Crippen molar-refractivity contribution < 1.29 is 13.8 Å². The molecule has 3 N–H and O–H groups in total. The lowest BCUT2D eigenvalue weighted by atomic mass is 10.1. The van der Waals surface area contributed by atoms with Crippen LogP contribution in [0.2, 0.25) is 0 Å². The van der Waals surface area contributed by atoms with Gasteiger partial charge in [-0.05, 0) is 62.5 Å². The van der Waals surface area contributed by atoms with Crippen LogP contribution in [0.25, 0.3) is 0 Å². The second-order valence-electron chi connectivity index (χ2n) is 5.47. The summed E-state index contributed by atoms with van der Waals surface area (Å²) in [6, 6.07) is 7.85. The number of aryl methyl sites for hydroxylation is 1. The van der Waals surface area contributed by atoms with Crippen LogP contribution >= 0.6 is 15.9 Å². The summed E-state index contributed by atoms with van der Waals surface area (Å²) in [4.78, 5) is 20.3. The van der Waals surface area contributed by atoms with Crippen LogP contribution in [-0.2, 0) is 11.2 Å². The van der Waals surface area contributed by atoms with Gasteiger partial charge in [-0.2, -0.15) is 0 Å². The lowest BCUT2D eigenvalue weighted by molar-refractivity contribution is -0.116. The molecule has 0 aliphatic heterocycles. The number of rotatable bonds is 6. The highest BCUT2D eigenvalue weighted by atomic mass is 79.9. The van der Waals surface area contributed by atoms with E-state index in [4.69, 9.17) is 5.73 Å². The highest BCUT2D eigenvalue weighted by molar-refractivity contribution is 9.10. The lowest BCUT2D eigenvalue weighted by Gasteiger charge is -2.04. The van der Waals surface area contributed by atoms with Crippen molar-refractivity contribution in [1.29, 1.82) is 0 Å². The maximum absolute atomic E-state index is 13.3. The van der Waals surface area contributed by atoms with Crippen LogP contribution < -0.4 is 11.1 Å². The first-order valence-corrected chi connectivity index (χ1v) is 8.63. The molecule has 0 spiro atoms. The number of amidine groups is 1. The Labute approximate surface area is 161 Å². The highest BCUT2D eigenvalue weighted by Crippen LogP contribution is 2.23. The number of aliphatic imine (C=N–C) groups is 1. The molecule has 1 amide bonds. The molecular formula is C17H14BrFN6O2. The molecule has 3 rings (SSSR count). The minimum Gasteiger partial charge on any atom is -0.382 e. The van der Waals surface area contributed by atoms with Gasteiger partial charge in [-0.25, -0.2) is 14.0 Å². The summed E-state index contributed by atoms with van der Waals surface area (Å²) in [6.45, 7) is 0. The van der Waals surface area contributed by atoms with Gasteiger partial charge in [0.1, 0.15) is 5.82 Å². The van der Waals surface area contributed by atoms with Crippen molar-refractivity contribution in [3.63, 3.8) is 0 Å². The molecule has 0 bridgehead atoms. The maximum Gasteiger partial charge on any atom is 0.226 e. The number of halogens is 2. The normalized spacial score (nSPS) is 11.4. The predicted octanol–water partition coefficient (Wildman–Crippen LogP) is 2.97. The smallest absolute Gasteiger partial charge is 0.226 e. The summed E-state index contributed by atoms with van der Waals surface area (Å²) in [5.74, 6) is -0.670. The quantitative estimate of drug-likeness (QED) is 0.456. The molecule has 0 fully saturated rings. The highest BCUT2D eigenvalue weighted by Gasteiger charge is 2.17. The third kappa shape index (κ3) is 4.94. The molecule has 0 aliphatic rings. The molecule has 0 saturated heterocycles. The fraction of sp³-hybridized carbons (Fsp3) is 0.118. The first-order chi connectivity index (χ1) is 13.0. The number of carbonyl (C=O) groups is 1. The van der Waals surface area contributed by atoms with E-state index < -0.39 is 5.82 Å². The number of hydrogen-bond acceptors (Lipinski definition) is 6.